The highest BCUT2D eigenvalue weighted by Gasteiger charge is 2.20. The number of esters is 1. The number of ether oxygens (including phenoxy) is 2. The molecule has 0 aromatic heterocycles. The van der Waals surface area contributed by atoms with E-state index in [-0.39, 0.29) is 22.7 Å². The number of halogens is 1. The van der Waals surface area contributed by atoms with Crippen molar-refractivity contribution < 1.29 is 23.9 Å². The zero-order chi connectivity index (χ0) is 23.4. The van der Waals surface area contributed by atoms with Crippen LogP contribution in [0.3, 0.4) is 0 Å². The Balaban J connectivity index is 1.49. The number of Topliss-reactive ketones (excluding diaryl/α,β-unsaturated/α-hetero) is 1. The smallest absolute Gasteiger partial charge is 0.339 e. The highest BCUT2D eigenvalue weighted by molar-refractivity contribution is 6.30. The minimum Gasteiger partial charge on any atom is -0.497 e. The second-order valence-electron chi connectivity index (χ2n) is 7.31. The van der Waals surface area contributed by atoms with E-state index >= 15 is 0 Å². The molecule has 0 saturated carbocycles. The number of ketones is 2. The first kappa shape index (κ1) is 22.2. The molecule has 0 spiro atoms. The van der Waals surface area contributed by atoms with E-state index in [1.165, 1.54) is 6.07 Å². The van der Waals surface area contributed by atoms with Gasteiger partial charge in [-0.05, 0) is 59.3 Å². The largest absolute Gasteiger partial charge is 0.497 e. The van der Waals surface area contributed by atoms with Crippen LogP contribution in [0, 0.1) is 0 Å². The van der Waals surface area contributed by atoms with Crippen molar-refractivity contribution >= 4 is 39.9 Å². The topological polar surface area (TPSA) is 69.7 Å². The summed E-state index contributed by atoms with van der Waals surface area (Å²) < 4.78 is 10.5. The second-order valence-corrected chi connectivity index (χ2v) is 7.75. The van der Waals surface area contributed by atoms with E-state index < -0.39 is 12.6 Å². The summed E-state index contributed by atoms with van der Waals surface area (Å²) in [4.78, 5) is 38.2. The van der Waals surface area contributed by atoms with Crippen LogP contribution in [0.4, 0.5) is 0 Å². The molecule has 0 amide bonds. The average molecular weight is 459 g/mol. The van der Waals surface area contributed by atoms with E-state index in [1.807, 2.05) is 24.3 Å². The molecule has 0 radical (unpaired) electrons. The molecule has 0 bridgehead atoms. The number of carbonyl (C=O) groups is 3. The summed E-state index contributed by atoms with van der Waals surface area (Å²) in [6, 6.07) is 23.5. The van der Waals surface area contributed by atoms with Gasteiger partial charge in [0.1, 0.15) is 5.75 Å². The fraction of sp³-hybridized carbons (Fsp3) is 0.0741. The maximum absolute atomic E-state index is 12.9. The molecule has 0 N–H and O–H groups in total. The van der Waals surface area contributed by atoms with Gasteiger partial charge in [-0.3, -0.25) is 9.59 Å². The maximum Gasteiger partial charge on any atom is 0.339 e. The Bertz CT molecular complexity index is 1360. The van der Waals surface area contributed by atoms with Gasteiger partial charge >= 0.3 is 5.97 Å². The third kappa shape index (κ3) is 4.94. The van der Waals surface area contributed by atoms with Crippen LogP contribution in [0.25, 0.3) is 10.8 Å². The van der Waals surface area contributed by atoms with Crippen LogP contribution >= 0.6 is 11.6 Å². The summed E-state index contributed by atoms with van der Waals surface area (Å²) >= 11 is 5.89. The van der Waals surface area contributed by atoms with Gasteiger partial charge in [0.2, 0.25) is 0 Å². The van der Waals surface area contributed by atoms with Crippen molar-refractivity contribution in [2.75, 3.05) is 13.7 Å². The van der Waals surface area contributed by atoms with Crippen LogP contribution in [0.1, 0.15) is 36.6 Å². The number of fused-ring (bicyclic) bond motifs is 1. The Hall–Kier alpha value is -3.96. The van der Waals surface area contributed by atoms with Crippen LogP contribution in [-0.2, 0) is 4.74 Å². The van der Waals surface area contributed by atoms with Crippen LogP contribution < -0.4 is 4.74 Å². The summed E-state index contributed by atoms with van der Waals surface area (Å²) in [5.74, 6) is -0.702. The molecule has 0 heterocycles. The Morgan fingerprint density at radius 1 is 0.758 bits per heavy atom. The van der Waals surface area contributed by atoms with Gasteiger partial charge in [0.15, 0.2) is 18.2 Å². The summed E-state index contributed by atoms with van der Waals surface area (Å²) in [6.45, 7) is -0.441. The van der Waals surface area contributed by atoms with E-state index in [2.05, 4.69) is 0 Å². The van der Waals surface area contributed by atoms with E-state index in [0.717, 1.165) is 16.5 Å². The molecule has 0 aliphatic rings. The Labute approximate surface area is 195 Å². The minimum atomic E-state index is -0.744. The fourth-order valence-electron chi connectivity index (χ4n) is 3.43. The monoisotopic (exact) mass is 458 g/mol. The lowest BCUT2D eigenvalue weighted by Gasteiger charge is -2.10. The predicted molar refractivity (Wildman–Crippen MR) is 126 cm³/mol. The van der Waals surface area contributed by atoms with Crippen LogP contribution in [0.2, 0.25) is 5.02 Å². The van der Waals surface area contributed by atoms with Crippen molar-refractivity contribution in [3.8, 4) is 5.75 Å². The van der Waals surface area contributed by atoms with Gasteiger partial charge in [-0.25, -0.2) is 4.79 Å². The van der Waals surface area contributed by atoms with Crippen LogP contribution in [0.15, 0.2) is 84.9 Å². The molecule has 5 nitrogen and oxygen atoms in total. The minimum absolute atomic E-state index is 0.0934. The number of methoxy groups -OCH3 is 1. The maximum atomic E-state index is 12.9. The average Bonchev–Trinajstić information content (AvgIpc) is 2.86. The van der Waals surface area contributed by atoms with Gasteiger partial charge < -0.3 is 9.47 Å². The highest BCUT2D eigenvalue weighted by atomic mass is 35.5. The lowest BCUT2D eigenvalue weighted by Crippen LogP contribution is -2.17. The molecule has 4 aromatic carbocycles. The number of benzene rings is 4. The number of rotatable bonds is 7. The predicted octanol–water partition coefficient (Wildman–Crippen LogP) is 5.77. The van der Waals surface area contributed by atoms with E-state index in [9.17, 15) is 14.4 Å². The van der Waals surface area contributed by atoms with Crippen molar-refractivity contribution in [1.29, 1.82) is 0 Å². The van der Waals surface area contributed by atoms with E-state index in [0.29, 0.717) is 16.1 Å². The number of carbonyl (C=O) groups excluding carboxylic acids is 3. The molecule has 164 valence electrons. The Morgan fingerprint density at radius 3 is 2.12 bits per heavy atom. The Kier molecular flexibility index (Phi) is 6.52. The summed E-state index contributed by atoms with van der Waals surface area (Å²) in [5, 5.41) is 2.30. The Morgan fingerprint density at radius 2 is 1.39 bits per heavy atom. The molecule has 0 atom stereocenters. The molecule has 0 unspecified atom stereocenters. The fourth-order valence-corrected chi connectivity index (χ4v) is 3.56. The zero-order valence-corrected chi connectivity index (χ0v) is 18.5. The zero-order valence-electron chi connectivity index (χ0n) is 17.7. The lowest BCUT2D eigenvalue weighted by molar-refractivity contribution is 0.0473. The molecule has 4 aromatic rings. The second kappa shape index (κ2) is 9.67. The van der Waals surface area contributed by atoms with Crippen molar-refractivity contribution in [3.63, 3.8) is 0 Å². The number of hydrogen-bond donors (Lipinski definition) is 0. The van der Waals surface area contributed by atoms with E-state index in [4.69, 9.17) is 21.1 Å². The van der Waals surface area contributed by atoms with Gasteiger partial charge in [-0.2, -0.15) is 0 Å². The molecule has 0 fully saturated rings. The molecule has 6 heteroatoms. The van der Waals surface area contributed by atoms with Gasteiger partial charge in [0, 0.05) is 21.7 Å². The van der Waals surface area contributed by atoms with Gasteiger partial charge in [0.05, 0.1) is 12.7 Å². The molecule has 0 saturated heterocycles. The molecular weight excluding hydrogens is 440 g/mol. The summed E-state index contributed by atoms with van der Waals surface area (Å²) in [6.07, 6.45) is 0. The van der Waals surface area contributed by atoms with Gasteiger partial charge in [-0.15, -0.1) is 0 Å². The van der Waals surface area contributed by atoms with Gasteiger partial charge in [0.25, 0.3) is 0 Å². The molecular formula is C27H19ClO5. The first-order valence-corrected chi connectivity index (χ1v) is 10.5. The third-order valence-corrected chi connectivity index (χ3v) is 5.45. The van der Waals surface area contributed by atoms with Crippen molar-refractivity contribution in [2.24, 2.45) is 0 Å². The molecule has 4 rings (SSSR count). The number of hydrogen-bond acceptors (Lipinski definition) is 5. The van der Waals surface area contributed by atoms with Crippen molar-refractivity contribution in [3.05, 3.63) is 112 Å². The molecule has 0 aliphatic heterocycles. The summed E-state index contributed by atoms with van der Waals surface area (Å²) in [5.41, 5.74) is 1.10. The lowest BCUT2D eigenvalue weighted by atomic mass is 9.98. The van der Waals surface area contributed by atoms with Crippen LogP contribution in [-0.4, -0.2) is 31.3 Å². The summed E-state index contributed by atoms with van der Waals surface area (Å²) in [7, 11) is 1.59. The van der Waals surface area contributed by atoms with E-state index in [1.54, 1.807) is 61.7 Å². The molecule has 0 aliphatic carbocycles. The normalized spacial score (nSPS) is 10.6. The third-order valence-electron chi connectivity index (χ3n) is 5.20. The van der Waals surface area contributed by atoms with Crippen molar-refractivity contribution in [2.45, 2.75) is 0 Å². The first-order chi connectivity index (χ1) is 16.0. The first-order valence-electron chi connectivity index (χ1n) is 10.1. The molecule has 33 heavy (non-hydrogen) atoms. The SMILES string of the molecule is COc1ccc2cc(C(=O)COC(=O)c3ccccc3C(=O)c3ccc(Cl)cc3)ccc2c1. The van der Waals surface area contributed by atoms with Crippen molar-refractivity contribution in [1.82, 2.24) is 0 Å². The van der Waals surface area contributed by atoms with Gasteiger partial charge in [-0.1, -0.05) is 48.0 Å². The standard InChI is InChI=1S/C27H19ClO5/c1-32-22-13-10-18-14-20(7-6-19(18)15-22)25(29)16-33-27(31)24-5-3-2-4-23(24)26(30)17-8-11-21(28)12-9-17/h2-15H,16H2,1H3. The van der Waals surface area contributed by atoms with Crippen LogP contribution in [0.5, 0.6) is 5.75 Å². The quantitative estimate of drug-likeness (QED) is 0.259. The highest BCUT2D eigenvalue weighted by Crippen LogP contribution is 2.22.